The molecule has 0 amide bonds. The predicted molar refractivity (Wildman–Crippen MR) is 153 cm³/mol. The molecule has 1 aliphatic rings. The summed E-state index contributed by atoms with van der Waals surface area (Å²) in [7, 11) is 0. The Balaban J connectivity index is 1.39. The van der Waals surface area contributed by atoms with Gasteiger partial charge in [-0.05, 0) is 86.2 Å². The van der Waals surface area contributed by atoms with Crippen LogP contribution in [0.1, 0.15) is 41.8 Å². The molecule has 0 saturated heterocycles. The monoisotopic (exact) mass is 567 g/mol. The molecule has 188 valence electrons. The van der Waals surface area contributed by atoms with E-state index in [1.54, 1.807) is 11.3 Å². The Labute approximate surface area is 232 Å². The Kier molecular flexibility index (Phi) is 6.61. The van der Waals surface area contributed by atoms with Crippen molar-refractivity contribution in [3.05, 3.63) is 85.2 Å². The maximum Gasteiger partial charge on any atom is 0.259 e. The van der Waals surface area contributed by atoms with E-state index in [1.165, 1.54) is 22.2 Å². The van der Waals surface area contributed by atoms with Crippen molar-refractivity contribution < 1.29 is 0 Å². The van der Waals surface area contributed by atoms with Gasteiger partial charge in [-0.15, -0.1) is 21.5 Å². The van der Waals surface area contributed by atoms with Crippen molar-refractivity contribution >= 4 is 56.5 Å². The smallest absolute Gasteiger partial charge is 0.259 e. The molecule has 0 unspecified atom stereocenters. The number of aromatic nitrogens is 5. The molecular weight excluding hydrogens is 545 g/mol. The molecule has 1 aliphatic carbocycles. The Morgan fingerprint density at radius 2 is 1.78 bits per heavy atom. The van der Waals surface area contributed by atoms with Crippen LogP contribution in [0.5, 0.6) is 0 Å². The van der Waals surface area contributed by atoms with E-state index in [0.29, 0.717) is 32.8 Å². The van der Waals surface area contributed by atoms with Crippen molar-refractivity contribution in [2.24, 2.45) is 5.92 Å². The van der Waals surface area contributed by atoms with Crippen LogP contribution in [0.15, 0.2) is 58.5 Å². The number of thiophene rings is 1. The quantitative estimate of drug-likeness (QED) is 0.222. The summed E-state index contributed by atoms with van der Waals surface area (Å²) >= 11 is 15.4. The molecule has 6 rings (SSSR count). The minimum Gasteiger partial charge on any atom is -0.309 e. The second kappa shape index (κ2) is 9.91. The van der Waals surface area contributed by atoms with Crippen LogP contribution in [0.2, 0.25) is 10.0 Å². The van der Waals surface area contributed by atoms with Crippen molar-refractivity contribution in [1.29, 1.82) is 0 Å². The summed E-state index contributed by atoms with van der Waals surface area (Å²) in [6.45, 7) is 4.29. The molecule has 1 N–H and O–H groups in total. The molecule has 10 heteroatoms. The van der Waals surface area contributed by atoms with Crippen molar-refractivity contribution in [2.75, 3.05) is 0 Å². The van der Waals surface area contributed by atoms with E-state index in [1.807, 2.05) is 60.0 Å². The fourth-order valence-electron chi connectivity index (χ4n) is 4.73. The summed E-state index contributed by atoms with van der Waals surface area (Å²) in [4.78, 5) is 23.2. The van der Waals surface area contributed by atoms with E-state index < -0.39 is 0 Å². The number of H-pyrrole nitrogens is 1. The van der Waals surface area contributed by atoms with E-state index in [4.69, 9.17) is 28.2 Å². The third-order valence-corrected chi connectivity index (χ3v) is 9.38. The minimum absolute atomic E-state index is 0.0551. The van der Waals surface area contributed by atoms with Crippen LogP contribution < -0.4 is 5.56 Å². The molecule has 5 aromatic rings. The fraction of sp³-hybridized carbons (Fsp3) is 0.259. The maximum atomic E-state index is 13.2. The lowest BCUT2D eigenvalue weighted by molar-refractivity contribution is 0.509. The van der Waals surface area contributed by atoms with Gasteiger partial charge in [-0.1, -0.05) is 41.9 Å². The van der Waals surface area contributed by atoms with E-state index in [2.05, 4.69) is 22.1 Å². The first-order valence-electron chi connectivity index (χ1n) is 12.1. The maximum absolute atomic E-state index is 13.2. The summed E-state index contributed by atoms with van der Waals surface area (Å²) in [5, 5.41) is 11.6. The van der Waals surface area contributed by atoms with E-state index >= 15 is 0 Å². The Morgan fingerprint density at radius 1 is 1.08 bits per heavy atom. The van der Waals surface area contributed by atoms with Crippen molar-refractivity contribution in [2.45, 2.75) is 43.5 Å². The molecule has 0 spiro atoms. The van der Waals surface area contributed by atoms with Crippen LogP contribution in [-0.4, -0.2) is 24.7 Å². The molecule has 3 heterocycles. The van der Waals surface area contributed by atoms with Gasteiger partial charge >= 0.3 is 0 Å². The van der Waals surface area contributed by atoms with Crippen molar-refractivity contribution in [3.63, 3.8) is 0 Å². The number of nitrogens with one attached hydrogen (secondary N) is 1. The lowest BCUT2D eigenvalue weighted by Gasteiger charge is -2.17. The van der Waals surface area contributed by atoms with Gasteiger partial charge in [-0.3, -0.25) is 9.36 Å². The van der Waals surface area contributed by atoms with Gasteiger partial charge in [0.2, 0.25) is 0 Å². The summed E-state index contributed by atoms with van der Waals surface area (Å²) in [6.07, 6.45) is 3.08. The lowest BCUT2D eigenvalue weighted by Crippen LogP contribution is -2.15. The van der Waals surface area contributed by atoms with Crippen LogP contribution >= 0.6 is 46.3 Å². The second-order valence-electron chi connectivity index (χ2n) is 9.37. The predicted octanol–water partition coefficient (Wildman–Crippen LogP) is 7.52. The first kappa shape index (κ1) is 24.7. The summed E-state index contributed by atoms with van der Waals surface area (Å²) in [6, 6.07) is 15.1. The summed E-state index contributed by atoms with van der Waals surface area (Å²) in [5.41, 5.74) is 2.90. The van der Waals surface area contributed by atoms with Gasteiger partial charge in [0, 0.05) is 26.2 Å². The highest BCUT2D eigenvalue weighted by atomic mass is 35.5. The number of nitrogens with zero attached hydrogens (tertiary/aromatic N) is 4. The zero-order valence-electron chi connectivity index (χ0n) is 20.2. The zero-order chi connectivity index (χ0) is 25.7. The molecule has 0 fully saturated rings. The van der Waals surface area contributed by atoms with E-state index in [0.717, 1.165) is 40.7 Å². The van der Waals surface area contributed by atoms with Crippen molar-refractivity contribution in [1.82, 2.24) is 24.7 Å². The highest BCUT2D eigenvalue weighted by Crippen LogP contribution is 2.39. The third kappa shape index (κ3) is 4.72. The average molecular weight is 569 g/mol. The standard InChI is InChI=1S/C27H23Cl2N5OS2/c1-14-3-12-20-21(13-14)37-26-22(20)25(35)30-23(31-26)15(2)36-27-33-32-24(16-4-6-17(28)7-5-16)34(27)19-10-8-18(29)9-11-19/h4-11,14-15H,3,12-13H2,1-2H3,(H,30,31,35)/t14-,15+/m1/s1. The van der Waals surface area contributed by atoms with Crippen LogP contribution in [0.4, 0.5) is 0 Å². The van der Waals surface area contributed by atoms with Gasteiger partial charge in [0.15, 0.2) is 11.0 Å². The molecular formula is C27H23Cl2N5OS2. The van der Waals surface area contributed by atoms with Crippen LogP contribution in [0.3, 0.4) is 0 Å². The number of thioether (sulfide) groups is 1. The van der Waals surface area contributed by atoms with Gasteiger partial charge < -0.3 is 4.98 Å². The molecule has 6 nitrogen and oxygen atoms in total. The molecule has 2 atom stereocenters. The fourth-order valence-corrected chi connectivity index (χ4v) is 7.29. The van der Waals surface area contributed by atoms with Crippen LogP contribution in [0, 0.1) is 5.92 Å². The highest BCUT2D eigenvalue weighted by molar-refractivity contribution is 7.99. The van der Waals surface area contributed by atoms with Gasteiger partial charge in [-0.25, -0.2) is 4.98 Å². The largest absolute Gasteiger partial charge is 0.309 e. The molecule has 0 bridgehead atoms. The van der Waals surface area contributed by atoms with E-state index in [-0.39, 0.29) is 10.8 Å². The Morgan fingerprint density at radius 3 is 2.51 bits per heavy atom. The van der Waals surface area contributed by atoms with Gasteiger partial charge in [-0.2, -0.15) is 0 Å². The normalized spacial score (nSPS) is 16.2. The number of fused-ring (bicyclic) bond motifs is 3. The number of benzene rings is 2. The number of halogens is 2. The van der Waals surface area contributed by atoms with Crippen molar-refractivity contribution in [3.8, 4) is 17.1 Å². The number of aryl methyl sites for hydroxylation is 1. The SMILES string of the molecule is C[C@@H]1CCc2c(sc3nc([C@H](C)Sc4nnc(-c5ccc(Cl)cc5)n4-c4ccc(Cl)cc4)[nH]c(=O)c23)C1. The summed E-state index contributed by atoms with van der Waals surface area (Å²) < 4.78 is 1.99. The first-order chi connectivity index (χ1) is 17.9. The molecule has 0 saturated carbocycles. The average Bonchev–Trinajstić information content (AvgIpc) is 3.46. The number of rotatable bonds is 5. The Bertz CT molecular complexity index is 1660. The number of hydrogen-bond acceptors (Lipinski definition) is 6. The molecule has 3 aromatic heterocycles. The second-order valence-corrected chi connectivity index (χ2v) is 12.6. The Hall–Kier alpha value is -2.65. The lowest BCUT2D eigenvalue weighted by atomic mass is 9.89. The highest BCUT2D eigenvalue weighted by Gasteiger charge is 2.25. The molecule has 0 aliphatic heterocycles. The number of hydrogen-bond donors (Lipinski definition) is 1. The summed E-state index contributed by atoms with van der Waals surface area (Å²) in [5.74, 6) is 1.96. The molecule has 0 radical (unpaired) electrons. The third-order valence-electron chi connectivity index (χ3n) is 6.67. The van der Waals surface area contributed by atoms with Gasteiger partial charge in [0.05, 0.1) is 10.6 Å². The van der Waals surface area contributed by atoms with Gasteiger partial charge in [0.25, 0.3) is 5.56 Å². The minimum atomic E-state index is -0.163. The van der Waals surface area contributed by atoms with Gasteiger partial charge in [0.1, 0.15) is 10.7 Å². The number of aromatic amines is 1. The van der Waals surface area contributed by atoms with Crippen LogP contribution in [-0.2, 0) is 12.8 Å². The molecule has 2 aromatic carbocycles. The zero-order valence-corrected chi connectivity index (χ0v) is 23.3. The van der Waals surface area contributed by atoms with Crippen LogP contribution in [0.25, 0.3) is 27.3 Å². The van der Waals surface area contributed by atoms with E-state index in [9.17, 15) is 4.79 Å². The topological polar surface area (TPSA) is 76.5 Å². The first-order valence-corrected chi connectivity index (χ1v) is 14.5. The molecule has 37 heavy (non-hydrogen) atoms.